The number of benzene rings is 1. The van der Waals surface area contributed by atoms with E-state index in [2.05, 4.69) is 46.6 Å². The Labute approximate surface area is 188 Å². The molecule has 4 heterocycles. The van der Waals surface area contributed by atoms with Crippen molar-refractivity contribution in [2.75, 3.05) is 31.1 Å². The molecule has 2 fully saturated rings. The highest BCUT2D eigenvalue weighted by Crippen LogP contribution is 2.44. The van der Waals surface area contributed by atoms with Gasteiger partial charge >= 0.3 is 0 Å². The lowest BCUT2D eigenvalue weighted by Gasteiger charge is -2.53. The molecular formula is C25H31FN4S. The van der Waals surface area contributed by atoms with Crippen LogP contribution in [0.1, 0.15) is 37.6 Å². The minimum absolute atomic E-state index is 0.158. The van der Waals surface area contributed by atoms with Crippen LogP contribution in [0.3, 0.4) is 0 Å². The first-order chi connectivity index (χ1) is 15.0. The van der Waals surface area contributed by atoms with Gasteiger partial charge in [0.25, 0.3) is 0 Å². The van der Waals surface area contributed by atoms with Gasteiger partial charge in [0.05, 0.1) is 5.39 Å². The summed E-state index contributed by atoms with van der Waals surface area (Å²) in [6.45, 7) is 11.2. The maximum atomic E-state index is 13.3. The van der Waals surface area contributed by atoms with Crippen molar-refractivity contribution in [3.63, 3.8) is 0 Å². The lowest BCUT2D eigenvalue weighted by atomic mass is 9.76. The Morgan fingerprint density at radius 3 is 2.61 bits per heavy atom. The van der Waals surface area contributed by atoms with E-state index in [-0.39, 0.29) is 5.82 Å². The van der Waals surface area contributed by atoms with E-state index in [1.165, 1.54) is 22.2 Å². The predicted octanol–water partition coefficient (Wildman–Crippen LogP) is 5.17. The topological polar surface area (TPSA) is 32.3 Å². The molecule has 2 aliphatic rings. The second-order valence-corrected chi connectivity index (χ2v) is 10.8. The van der Waals surface area contributed by atoms with E-state index in [0.717, 1.165) is 49.7 Å². The fraction of sp³-hybridized carbons (Fsp3) is 0.520. The Morgan fingerprint density at radius 2 is 1.90 bits per heavy atom. The minimum atomic E-state index is -0.158. The first-order valence-corrected chi connectivity index (χ1v) is 12.2. The molecule has 5 rings (SSSR count). The highest BCUT2D eigenvalue weighted by atomic mass is 32.1. The van der Waals surface area contributed by atoms with E-state index >= 15 is 0 Å². The summed E-state index contributed by atoms with van der Waals surface area (Å²) in [6.07, 6.45) is 4.98. The van der Waals surface area contributed by atoms with Crippen molar-refractivity contribution < 1.29 is 4.39 Å². The van der Waals surface area contributed by atoms with Crippen molar-refractivity contribution in [1.29, 1.82) is 0 Å². The van der Waals surface area contributed by atoms with Crippen LogP contribution in [-0.4, -0.2) is 47.1 Å². The third-order valence-electron chi connectivity index (χ3n) is 7.12. The number of hydrogen-bond acceptors (Lipinski definition) is 5. The number of nitrogens with zero attached hydrogens (tertiary/aromatic N) is 4. The zero-order chi connectivity index (χ0) is 21.6. The second kappa shape index (κ2) is 8.14. The van der Waals surface area contributed by atoms with Crippen molar-refractivity contribution in [3.05, 3.63) is 52.9 Å². The van der Waals surface area contributed by atoms with E-state index in [9.17, 15) is 4.39 Å². The summed E-state index contributed by atoms with van der Waals surface area (Å²) in [5.41, 5.74) is 1.60. The molecule has 0 radical (unpaired) electrons. The number of rotatable bonds is 6. The summed E-state index contributed by atoms with van der Waals surface area (Å²) < 4.78 is 13.3. The molecule has 0 aliphatic carbocycles. The number of halogens is 1. The Hall–Kier alpha value is -2.05. The van der Waals surface area contributed by atoms with Gasteiger partial charge in [-0.05, 0) is 48.9 Å². The van der Waals surface area contributed by atoms with Crippen molar-refractivity contribution in [1.82, 2.24) is 14.9 Å². The van der Waals surface area contributed by atoms with Gasteiger partial charge in [-0.25, -0.2) is 14.4 Å². The van der Waals surface area contributed by atoms with Gasteiger partial charge in [0.1, 0.15) is 22.8 Å². The third kappa shape index (κ3) is 3.96. The number of thiophene rings is 1. The van der Waals surface area contributed by atoms with Crippen LogP contribution < -0.4 is 4.90 Å². The molecule has 3 aromatic rings. The molecule has 2 aliphatic heterocycles. The molecule has 1 spiro atoms. The number of hydrogen-bond donors (Lipinski definition) is 0. The normalized spacial score (nSPS) is 19.5. The quantitative estimate of drug-likeness (QED) is 0.531. The molecule has 2 saturated heterocycles. The minimum Gasteiger partial charge on any atom is -0.355 e. The zero-order valence-corrected chi connectivity index (χ0v) is 19.5. The van der Waals surface area contributed by atoms with Crippen molar-refractivity contribution in [3.8, 4) is 0 Å². The van der Waals surface area contributed by atoms with Crippen LogP contribution in [-0.2, 0) is 12.8 Å². The molecule has 0 bridgehead atoms. The smallest absolute Gasteiger partial charge is 0.140 e. The molecule has 1 aromatic carbocycles. The van der Waals surface area contributed by atoms with Crippen LogP contribution in [0.4, 0.5) is 10.2 Å². The highest BCUT2D eigenvalue weighted by Gasteiger charge is 2.50. The Bertz CT molecular complexity index is 1060. The average Bonchev–Trinajstić information content (AvgIpc) is 3.36. The Kier molecular flexibility index (Phi) is 5.47. The van der Waals surface area contributed by atoms with Gasteiger partial charge in [0.15, 0.2) is 0 Å². The van der Waals surface area contributed by atoms with E-state index in [1.807, 2.05) is 12.1 Å². The summed E-state index contributed by atoms with van der Waals surface area (Å²) in [5, 5.41) is 1.22. The molecule has 1 unspecified atom stereocenters. The van der Waals surface area contributed by atoms with Gasteiger partial charge in [0.2, 0.25) is 0 Å². The van der Waals surface area contributed by atoms with Crippen LogP contribution in [0, 0.1) is 17.2 Å². The van der Waals surface area contributed by atoms with Crippen LogP contribution in [0.15, 0.2) is 36.7 Å². The SMILES string of the molecule is CCc1cc2c(N3CCC4(C3)CN(C(Cc3ccc(F)cc3)C(C)C)C4)ncnc2s1. The average molecular weight is 439 g/mol. The Morgan fingerprint density at radius 1 is 1.13 bits per heavy atom. The lowest BCUT2D eigenvalue weighted by Crippen LogP contribution is -2.62. The molecule has 6 heteroatoms. The molecular weight excluding hydrogens is 407 g/mol. The Balaban J connectivity index is 1.27. The predicted molar refractivity (Wildman–Crippen MR) is 126 cm³/mol. The lowest BCUT2D eigenvalue weighted by molar-refractivity contribution is -0.0305. The van der Waals surface area contributed by atoms with E-state index in [0.29, 0.717) is 17.4 Å². The third-order valence-corrected chi connectivity index (χ3v) is 8.31. The molecule has 0 N–H and O–H groups in total. The maximum absolute atomic E-state index is 13.3. The monoisotopic (exact) mass is 438 g/mol. The molecule has 4 nitrogen and oxygen atoms in total. The zero-order valence-electron chi connectivity index (χ0n) is 18.6. The van der Waals surface area contributed by atoms with Crippen LogP contribution >= 0.6 is 11.3 Å². The molecule has 0 saturated carbocycles. The number of anilines is 1. The molecule has 31 heavy (non-hydrogen) atoms. The van der Waals surface area contributed by atoms with Gasteiger partial charge in [-0.3, -0.25) is 4.90 Å². The standard InChI is InChI=1S/C25H31FN4S/c1-4-20-12-21-23(27-16-28-24(21)31-20)29-10-9-25(13-29)14-30(15-25)22(17(2)3)11-18-5-7-19(26)8-6-18/h5-8,12,16-17,22H,4,9-11,13-15H2,1-3H3. The van der Waals surface area contributed by atoms with Gasteiger partial charge in [-0.2, -0.15) is 0 Å². The van der Waals surface area contributed by atoms with E-state index in [1.54, 1.807) is 29.8 Å². The van der Waals surface area contributed by atoms with Gasteiger partial charge in [-0.1, -0.05) is 32.9 Å². The number of fused-ring (bicyclic) bond motifs is 1. The largest absolute Gasteiger partial charge is 0.355 e. The molecule has 1 atom stereocenters. The number of aryl methyl sites for hydroxylation is 1. The molecule has 2 aromatic heterocycles. The van der Waals surface area contributed by atoms with Crippen molar-refractivity contribution >= 4 is 27.4 Å². The van der Waals surface area contributed by atoms with E-state index in [4.69, 9.17) is 0 Å². The van der Waals surface area contributed by atoms with Crippen molar-refractivity contribution in [2.45, 2.75) is 46.1 Å². The summed E-state index contributed by atoms with van der Waals surface area (Å²) >= 11 is 1.79. The highest BCUT2D eigenvalue weighted by molar-refractivity contribution is 7.18. The summed E-state index contributed by atoms with van der Waals surface area (Å²) in [5.74, 6) is 1.52. The molecule has 164 valence electrons. The van der Waals surface area contributed by atoms with Gasteiger partial charge < -0.3 is 4.90 Å². The number of likely N-dealkylation sites (tertiary alicyclic amines) is 1. The summed E-state index contributed by atoms with van der Waals surface area (Å²) in [4.78, 5) is 16.8. The van der Waals surface area contributed by atoms with Crippen molar-refractivity contribution in [2.24, 2.45) is 11.3 Å². The maximum Gasteiger partial charge on any atom is 0.140 e. The van der Waals surface area contributed by atoms with E-state index < -0.39 is 0 Å². The summed E-state index contributed by atoms with van der Waals surface area (Å²) in [7, 11) is 0. The van der Waals surface area contributed by atoms with Crippen LogP contribution in [0.5, 0.6) is 0 Å². The number of aromatic nitrogens is 2. The fourth-order valence-corrected chi connectivity index (χ4v) is 6.32. The first-order valence-electron chi connectivity index (χ1n) is 11.4. The van der Waals surface area contributed by atoms with Gasteiger partial charge in [-0.15, -0.1) is 11.3 Å². The second-order valence-electron chi connectivity index (χ2n) is 9.70. The molecule has 0 amide bonds. The van der Waals surface area contributed by atoms with Crippen LogP contribution in [0.2, 0.25) is 0 Å². The van der Waals surface area contributed by atoms with Crippen LogP contribution in [0.25, 0.3) is 10.2 Å². The fourth-order valence-electron chi connectivity index (χ4n) is 5.39. The van der Waals surface area contributed by atoms with Gasteiger partial charge in [0, 0.05) is 42.5 Å². The first kappa shape index (κ1) is 20.8. The summed E-state index contributed by atoms with van der Waals surface area (Å²) in [6, 6.07) is 9.81.